The van der Waals surface area contributed by atoms with Crippen LogP contribution in [-0.2, 0) is 14.3 Å². The van der Waals surface area contributed by atoms with Crippen molar-refractivity contribution < 1.29 is 19.1 Å². The fourth-order valence-electron chi connectivity index (χ4n) is 1.73. The van der Waals surface area contributed by atoms with E-state index in [4.69, 9.17) is 10.5 Å². The number of ether oxygens (including phenoxy) is 2. The molecule has 6 heteroatoms. The molecule has 21 heavy (non-hydrogen) atoms. The van der Waals surface area contributed by atoms with Crippen molar-refractivity contribution in [1.82, 2.24) is 5.32 Å². The maximum absolute atomic E-state index is 11.9. The molecule has 0 aliphatic rings. The number of hydrogen-bond donors (Lipinski definition) is 2. The Bertz CT molecular complexity index is 509. The molecule has 0 spiro atoms. The second-order valence-electron chi connectivity index (χ2n) is 5.65. The Morgan fingerprint density at radius 3 is 2.52 bits per heavy atom. The van der Waals surface area contributed by atoms with Gasteiger partial charge in [0.25, 0.3) is 0 Å². The Morgan fingerprint density at radius 1 is 1.33 bits per heavy atom. The lowest BCUT2D eigenvalue weighted by Gasteiger charge is -2.23. The fourth-order valence-corrected chi connectivity index (χ4v) is 1.73. The van der Waals surface area contributed by atoms with Gasteiger partial charge < -0.3 is 20.5 Å². The molecule has 1 atom stereocenters. The van der Waals surface area contributed by atoms with E-state index >= 15 is 0 Å². The van der Waals surface area contributed by atoms with Crippen molar-refractivity contribution in [3.05, 3.63) is 29.8 Å². The number of anilines is 1. The van der Waals surface area contributed by atoms with E-state index in [2.05, 4.69) is 10.1 Å². The Labute approximate surface area is 124 Å². The topological polar surface area (TPSA) is 90.6 Å². The molecule has 6 nitrogen and oxygen atoms in total. The van der Waals surface area contributed by atoms with E-state index in [1.807, 2.05) is 0 Å². The minimum atomic E-state index is -0.615. The molecule has 0 saturated carbocycles. The summed E-state index contributed by atoms with van der Waals surface area (Å²) in [5.74, 6) is -0.432. The lowest BCUT2D eigenvalue weighted by molar-refractivity contribution is -0.141. The molecular weight excluding hydrogens is 272 g/mol. The zero-order valence-electron chi connectivity index (χ0n) is 12.8. The molecule has 0 heterocycles. The minimum Gasteiger partial charge on any atom is -0.469 e. The van der Waals surface area contributed by atoms with Crippen molar-refractivity contribution in [1.29, 1.82) is 0 Å². The van der Waals surface area contributed by atoms with Crippen LogP contribution in [0.1, 0.15) is 38.8 Å². The van der Waals surface area contributed by atoms with Gasteiger partial charge in [0.05, 0.1) is 19.6 Å². The van der Waals surface area contributed by atoms with E-state index in [0.29, 0.717) is 11.3 Å². The predicted octanol–water partition coefficient (Wildman–Crippen LogP) is 2.40. The van der Waals surface area contributed by atoms with Gasteiger partial charge in [0, 0.05) is 5.69 Å². The molecule has 1 aromatic rings. The summed E-state index contributed by atoms with van der Waals surface area (Å²) in [5, 5.41) is 2.66. The van der Waals surface area contributed by atoms with Crippen molar-refractivity contribution in [3.8, 4) is 0 Å². The van der Waals surface area contributed by atoms with Crippen molar-refractivity contribution in [2.75, 3.05) is 12.8 Å². The van der Waals surface area contributed by atoms with E-state index in [0.717, 1.165) is 0 Å². The molecule has 0 bridgehead atoms. The second-order valence-corrected chi connectivity index (χ2v) is 5.65. The largest absolute Gasteiger partial charge is 0.469 e. The summed E-state index contributed by atoms with van der Waals surface area (Å²) < 4.78 is 9.85. The lowest BCUT2D eigenvalue weighted by atomic mass is 10.0. The van der Waals surface area contributed by atoms with E-state index in [1.54, 1.807) is 45.0 Å². The van der Waals surface area contributed by atoms with Gasteiger partial charge in [-0.05, 0) is 38.5 Å². The van der Waals surface area contributed by atoms with Crippen LogP contribution in [-0.4, -0.2) is 24.8 Å². The highest BCUT2D eigenvalue weighted by Crippen LogP contribution is 2.20. The number of rotatable bonds is 4. The third-order valence-corrected chi connectivity index (χ3v) is 2.60. The van der Waals surface area contributed by atoms with Crippen LogP contribution >= 0.6 is 0 Å². The molecule has 0 aliphatic heterocycles. The van der Waals surface area contributed by atoms with Crippen LogP contribution in [0.15, 0.2) is 24.3 Å². The van der Waals surface area contributed by atoms with Gasteiger partial charge in [-0.15, -0.1) is 0 Å². The Hall–Kier alpha value is -2.24. The number of amides is 1. The summed E-state index contributed by atoms with van der Waals surface area (Å²) in [6.07, 6.45) is -0.599. The second kappa shape index (κ2) is 6.97. The summed E-state index contributed by atoms with van der Waals surface area (Å²) in [4.78, 5) is 23.4. The van der Waals surface area contributed by atoms with Gasteiger partial charge in [0.1, 0.15) is 5.60 Å². The molecule has 0 saturated heterocycles. The highest BCUT2D eigenvalue weighted by atomic mass is 16.6. The van der Waals surface area contributed by atoms with Crippen LogP contribution in [0.3, 0.4) is 0 Å². The van der Waals surface area contributed by atoms with Gasteiger partial charge in [-0.3, -0.25) is 4.79 Å². The average Bonchev–Trinajstić information content (AvgIpc) is 2.35. The Balaban J connectivity index is 2.87. The van der Waals surface area contributed by atoms with Crippen LogP contribution < -0.4 is 11.1 Å². The molecule has 0 radical (unpaired) electrons. The lowest BCUT2D eigenvalue weighted by Crippen LogP contribution is -2.36. The third kappa shape index (κ3) is 6.16. The maximum Gasteiger partial charge on any atom is 0.408 e. The predicted molar refractivity (Wildman–Crippen MR) is 79.6 cm³/mol. The first kappa shape index (κ1) is 16.8. The highest BCUT2D eigenvalue weighted by molar-refractivity contribution is 5.73. The number of nitrogens with one attached hydrogen (secondary N) is 1. The highest BCUT2D eigenvalue weighted by Gasteiger charge is 2.23. The first-order valence-corrected chi connectivity index (χ1v) is 6.63. The summed E-state index contributed by atoms with van der Waals surface area (Å²) in [6, 6.07) is 6.40. The molecule has 1 unspecified atom stereocenters. The van der Waals surface area contributed by atoms with Gasteiger partial charge in [-0.2, -0.15) is 0 Å². The maximum atomic E-state index is 11.9. The molecule has 3 N–H and O–H groups in total. The molecule has 0 aromatic heterocycles. The van der Waals surface area contributed by atoms with Gasteiger partial charge in [-0.25, -0.2) is 4.79 Å². The van der Waals surface area contributed by atoms with Crippen molar-refractivity contribution in [2.24, 2.45) is 0 Å². The van der Waals surface area contributed by atoms with Crippen LogP contribution in [0, 0.1) is 0 Å². The van der Waals surface area contributed by atoms with E-state index in [9.17, 15) is 9.59 Å². The molecule has 0 aliphatic carbocycles. The van der Waals surface area contributed by atoms with Gasteiger partial charge in [-0.1, -0.05) is 12.1 Å². The first-order valence-electron chi connectivity index (χ1n) is 6.63. The number of esters is 1. The smallest absolute Gasteiger partial charge is 0.408 e. The summed E-state index contributed by atoms with van der Waals surface area (Å²) in [6.45, 7) is 5.30. The summed E-state index contributed by atoms with van der Waals surface area (Å²) in [7, 11) is 1.30. The number of carbonyl (C=O) groups is 2. The molecular formula is C15H22N2O4. The van der Waals surface area contributed by atoms with Crippen molar-refractivity contribution in [2.45, 2.75) is 38.8 Å². The molecule has 1 aromatic carbocycles. The zero-order chi connectivity index (χ0) is 16.0. The number of nitrogen functional groups attached to an aromatic ring is 1. The first-order chi connectivity index (χ1) is 9.71. The summed E-state index contributed by atoms with van der Waals surface area (Å²) >= 11 is 0. The number of hydrogen-bond acceptors (Lipinski definition) is 5. The van der Waals surface area contributed by atoms with Gasteiger partial charge >= 0.3 is 12.1 Å². The number of nitrogens with two attached hydrogens (primary N) is 1. The average molecular weight is 294 g/mol. The monoisotopic (exact) mass is 294 g/mol. The van der Waals surface area contributed by atoms with Crippen LogP contribution in [0.25, 0.3) is 0 Å². The molecule has 1 amide bonds. The number of methoxy groups -OCH3 is 1. The van der Waals surface area contributed by atoms with Gasteiger partial charge in [0.2, 0.25) is 0 Å². The molecule has 116 valence electrons. The molecule has 0 fully saturated rings. The SMILES string of the molecule is COC(=O)CC(NC(=O)OC(C)(C)C)c1cccc(N)c1. The number of benzene rings is 1. The fraction of sp³-hybridized carbons (Fsp3) is 0.467. The van der Waals surface area contributed by atoms with Crippen molar-refractivity contribution in [3.63, 3.8) is 0 Å². The number of carbonyl (C=O) groups excluding carboxylic acids is 2. The number of alkyl carbamates (subject to hydrolysis) is 1. The van der Waals surface area contributed by atoms with Crippen LogP contribution in [0.2, 0.25) is 0 Å². The van der Waals surface area contributed by atoms with Crippen LogP contribution in [0.5, 0.6) is 0 Å². The van der Waals surface area contributed by atoms with Gasteiger partial charge in [0.15, 0.2) is 0 Å². The standard InChI is InChI=1S/C15H22N2O4/c1-15(2,3)21-14(19)17-12(9-13(18)20-4)10-6-5-7-11(16)8-10/h5-8,12H,9,16H2,1-4H3,(H,17,19). The van der Waals surface area contributed by atoms with E-state index in [1.165, 1.54) is 7.11 Å². The van der Waals surface area contributed by atoms with E-state index in [-0.39, 0.29) is 6.42 Å². The quantitative estimate of drug-likeness (QED) is 0.657. The molecule has 1 rings (SSSR count). The zero-order valence-corrected chi connectivity index (χ0v) is 12.8. The van der Waals surface area contributed by atoms with Crippen molar-refractivity contribution >= 4 is 17.7 Å². The van der Waals surface area contributed by atoms with Crippen LogP contribution in [0.4, 0.5) is 10.5 Å². The Kier molecular flexibility index (Phi) is 5.58. The minimum absolute atomic E-state index is 0.000797. The normalized spacial score (nSPS) is 12.4. The Morgan fingerprint density at radius 2 is 2.00 bits per heavy atom. The summed E-state index contributed by atoms with van der Waals surface area (Å²) in [5.41, 5.74) is 6.38. The van der Waals surface area contributed by atoms with E-state index < -0.39 is 23.7 Å². The third-order valence-electron chi connectivity index (χ3n) is 2.60.